The van der Waals surface area contributed by atoms with E-state index in [4.69, 9.17) is 19.8 Å². The van der Waals surface area contributed by atoms with Gasteiger partial charge < -0.3 is 14.5 Å². The number of ether oxygens (including phenoxy) is 1. The fraction of sp³-hybridized carbons (Fsp3) is 0.500. The van der Waals surface area contributed by atoms with Gasteiger partial charge in [-0.15, -0.1) is 0 Å². The molecule has 1 unspecified atom stereocenters. The van der Waals surface area contributed by atoms with Gasteiger partial charge in [0.2, 0.25) is 0 Å². The molecule has 108 valence electrons. The fourth-order valence-electron chi connectivity index (χ4n) is 1.33. The van der Waals surface area contributed by atoms with Gasteiger partial charge in [-0.2, -0.15) is 0 Å². The van der Waals surface area contributed by atoms with Crippen molar-refractivity contribution >= 4 is 41.6 Å². The van der Waals surface area contributed by atoms with E-state index in [9.17, 15) is 13.2 Å². The topological polar surface area (TPSA) is 85.6 Å². The Morgan fingerprint density at radius 1 is 1.63 bits per heavy atom. The maximum Gasteiger partial charge on any atom is 0.287 e. The first-order chi connectivity index (χ1) is 8.75. The zero-order valence-electron chi connectivity index (χ0n) is 10.3. The van der Waals surface area contributed by atoms with Gasteiger partial charge >= 0.3 is 0 Å². The van der Waals surface area contributed by atoms with Crippen LogP contribution >= 0.6 is 26.6 Å². The zero-order chi connectivity index (χ0) is 14.6. The summed E-state index contributed by atoms with van der Waals surface area (Å²) in [5.41, 5.74) is 0. The van der Waals surface area contributed by atoms with Crippen LogP contribution in [0, 0.1) is 5.92 Å². The monoisotopic (exact) mass is 373 g/mol. The van der Waals surface area contributed by atoms with Crippen molar-refractivity contribution in [3.8, 4) is 0 Å². The Hall–Kier alpha value is -0.570. The van der Waals surface area contributed by atoms with Crippen molar-refractivity contribution in [2.24, 2.45) is 5.92 Å². The van der Waals surface area contributed by atoms with Gasteiger partial charge in [0.05, 0.1) is 6.61 Å². The van der Waals surface area contributed by atoms with Crippen LogP contribution in [0.1, 0.15) is 17.5 Å². The molecule has 1 heterocycles. The number of hydrogen-bond donors (Lipinski definition) is 1. The summed E-state index contributed by atoms with van der Waals surface area (Å²) in [6.45, 7) is 2.79. The number of carbonyl (C=O) groups is 1. The van der Waals surface area contributed by atoms with Crippen molar-refractivity contribution in [3.05, 3.63) is 16.5 Å². The first-order valence-electron chi connectivity index (χ1n) is 5.26. The third kappa shape index (κ3) is 4.79. The minimum absolute atomic E-state index is 0.0995. The van der Waals surface area contributed by atoms with Crippen molar-refractivity contribution in [1.29, 1.82) is 0 Å². The van der Waals surface area contributed by atoms with Crippen LogP contribution in [-0.4, -0.2) is 34.6 Å². The van der Waals surface area contributed by atoms with E-state index in [2.05, 4.69) is 21.2 Å². The number of halogens is 2. The van der Waals surface area contributed by atoms with Gasteiger partial charge in [0.1, 0.15) is 4.90 Å². The van der Waals surface area contributed by atoms with E-state index in [1.165, 1.54) is 0 Å². The van der Waals surface area contributed by atoms with Gasteiger partial charge in [-0.25, -0.2) is 8.42 Å². The van der Waals surface area contributed by atoms with Crippen molar-refractivity contribution in [3.63, 3.8) is 0 Å². The number of amides is 1. The van der Waals surface area contributed by atoms with E-state index >= 15 is 0 Å². The summed E-state index contributed by atoms with van der Waals surface area (Å²) in [5.74, 6) is -0.519. The average Bonchev–Trinajstić information content (AvgIpc) is 2.68. The molecule has 0 aliphatic rings. The number of carbonyl (C=O) groups excluding carboxylic acids is 1. The Bertz CT molecular complexity index is 556. The molecule has 6 nitrogen and oxygen atoms in total. The second-order valence-corrected chi connectivity index (χ2v) is 7.21. The van der Waals surface area contributed by atoms with Crippen LogP contribution in [0.3, 0.4) is 0 Å². The molecule has 1 atom stereocenters. The first kappa shape index (κ1) is 16.5. The normalized spacial score (nSPS) is 13.3. The predicted octanol–water partition coefficient (Wildman–Crippen LogP) is 1.98. The molecule has 0 saturated heterocycles. The van der Waals surface area contributed by atoms with E-state index in [1.54, 1.807) is 7.11 Å². The average molecular weight is 375 g/mol. The highest BCUT2D eigenvalue weighted by Crippen LogP contribution is 2.28. The van der Waals surface area contributed by atoms with Gasteiger partial charge in [0.15, 0.2) is 10.4 Å². The van der Waals surface area contributed by atoms with E-state index in [0.29, 0.717) is 13.2 Å². The lowest BCUT2D eigenvalue weighted by Gasteiger charge is -2.10. The minimum atomic E-state index is -3.95. The second kappa shape index (κ2) is 6.74. The molecule has 1 amide bonds. The Morgan fingerprint density at radius 3 is 2.74 bits per heavy atom. The van der Waals surface area contributed by atoms with E-state index in [-0.39, 0.29) is 21.2 Å². The Morgan fingerprint density at radius 2 is 2.26 bits per heavy atom. The second-order valence-electron chi connectivity index (χ2n) is 3.96. The lowest BCUT2D eigenvalue weighted by atomic mass is 10.2. The summed E-state index contributed by atoms with van der Waals surface area (Å²) in [7, 11) is 2.80. The van der Waals surface area contributed by atoms with Gasteiger partial charge in [-0.05, 0) is 21.8 Å². The van der Waals surface area contributed by atoms with Crippen molar-refractivity contribution < 1.29 is 22.4 Å². The fourth-order valence-corrected chi connectivity index (χ4v) is 3.36. The van der Waals surface area contributed by atoms with Crippen LogP contribution in [0.5, 0.6) is 0 Å². The molecule has 0 radical (unpaired) electrons. The summed E-state index contributed by atoms with van der Waals surface area (Å²) < 4.78 is 32.2. The quantitative estimate of drug-likeness (QED) is 0.770. The molecule has 0 aliphatic heterocycles. The van der Waals surface area contributed by atoms with Gasteiger partial charge in [0.25, 0.3) is 15.0 Å². The van der Waals surface area contributed by atoms with Crippen LogP contribution in [-0.2, 0) is 13.8 Å². The van der Waals surface area contributed by atoms with Crippen LogP contribution in [0.4, 0.5) is 0 Å². The molecule has 0 aromatic carbocycles. The molecule has 0 saturated carbocycles. The number of methoxy groups -OCH3 is 1. The Labute approximate surface area is 124 Å². The SMILES string of the molecule is COCC(C)CNC(=O)c1cc(S(=O)(=O)Cl)c(Br)o1. The lowest BCUT2D eigenvalue weighted by molar-refractivity contribution is 0.0905. The molecule has 0 fully saturated rings. The molecular formula is C10H13BrClNO5S. The molecule has 1 aromatic heterocycles. The smallest absolute Gasteiger partial charge is 0.287 e. The Kier molecular flexibility index (Phi) is 5.84. The van der Waals surface area contributed by atoms with E-state index < -0.39 is 15.0 Å². The van der Waals surface area contributed by atoms with E-state index in [1.807, 2.05) is 6.92 Å². The molecular weight excluding hydrogens is 362 g/mol. The third-order valence-corrected chi connectivity index (χ3v) is 4.38. The highest BCUT2D eigenvalue weighted by atomic mass is 79.9. The minimum Gasteiger partial charge on any atom is -0.443 e. The largest absolute Gasteiger partial charge is 0.443 e. The Balaban J connectivity index is 2.74. The standard InChI is InChI=1S/C10H13BrClNO5S/c1-6(5-17-2)4-13-10(14)7-3-8(9(11)18-7)19(12,15)16/h3,6H,4-5H2,1-2H3,(H,13,14). The van der Waals surface area contributed by atoms with Crippen molar-refractivity contribution in [2.45, 2.75) is 11.8 Å². The summed E-state index contributed by atoms with van der Waals surface area (Å²) in [5, 5.41) is 2.60. The molecule has 0 bridgehead atoms. The molecule has 1 N–H and O–H groups in total. The van der Waals surface area contributed by atoms with Crippen LogP contribution in [0.25, 0.3) is 0 Å². The number of hydrogen-bond acceptors (Lipinski definition) is 5. The molecule has 1 aromatic rings. The summed E-state index contributed by atoms with van der Waals surface area (Å²) >= 11 is 2.90. The van der Waals surface area contributed by atoms with Gasteiger partial charge in [-0.1, -0.05) is 6.92 Å². The lowest BCUT2D eigenvalue weighted by Crippen LogP contribution is -2.29. The maximum absolute atomic E-state index is 11.7. The van der Waals surface area contributed by atoms with E-state index in [0.717, 1.165) is 6.07 Å². The summed E-state index contributed by atoms with van der Waals surface area (Å²) in [6.07, 6.45) is 0. The molecule has 0 aliphatic carbocycles. The molecule has 1 rings (SSSR count). The number of rotatable bonds is 6. The van der Waals surface area contributed by atoms with Crippen LogP contribution in [0.15, 0.2) is 20.0 Å². The molecule has 9 heteroatoms. The van der Waals surface area contributed by atoms with Gasteiger partial charge in [-0.3, -0.25) is 4.79 Å². The van der Waals surface area contributed by atoms with Gasteiger partial charge in [0, 0.05) is 30.4 Å². The molecule has 0 spiro atoms. The summed E-state index contributed by atoms with van der Waals surface area (Å²) in [4.78, 5) is 11.5. The number of furan rings is 1. The zero-order valence-corrected chi connectivity index (χ0v) is 13.4. The number of nitrogens with one attached hydrogen (secondary N) is 1. The molecule has 19 heavy (non-hydrogen) atoms. The highest BCUT2D eigenvalue weighted by molar-refractivity contribution is 9.10. The van der Waals surface area contributed by atoms with Crippen LogP contribution in [0.2, 0.25) is 0 Å². The first-order valence-corrected chi connectivity index (χ1v) is 8.37. The highest BCUT2D eigenvalue weighted by Gasteiger charge is 2.23. The van der Waals surface area contributed by atoms with Crippen molar-refractivity contribution in [2.75, 3.05) is 20.3 Å². The predicted molar refractivity (Wildman–Crippen MR) is 72.8 cm³/mol. The van der Waals surface area contributed by atoms with Crippen LogP contribution < -0.4 is 5.32 Å². The summed E-state index contributed by atoms with van der Waals surface area (Å²) in [6, 6.07) is 1.07. The third-order valence-electron chi connectivity index (χ3n) is 2.20. The van der Waals surface area contributed by atoms with Crippen molar-refractivity contribution in [1.82, 2.24) is 5.32 Å². The maximum atomic E-state index is 11.7.